The molecule has 3 heterocycles. The number of carbonyl (C=O) groups is 1. The topological polar surface area (TPSA) is 23.6 Å². The predicted octanol–water partition coefficient (Wildman–Crippen LogP) is 2.23. The van der Waals surface area contributed by atoms with Crippen molar-refractivity contribution in [1.29, 1.82) is 0 Å². The van der Waals surface area contributed by atoms with Crippen LogP contribution < -0.4 is 0 Å². The Labute approximate surface area is 119 Å². The van der Waals surface area contributed by atoms with Gasteiger partial charge in [-0.15, -0.1) is 0 Å². The van der Waals surface area contributed by atoms with Crippen LogP contribution in [0.25, 0.3) is 0 Å². The highest BCUT2D eigenvalue weighted by Crippen LogP contribution is 2.38. The number of likely N-dealkylation sites (tertiary alicyclic amines) is 2. The van der Waals surface area contributed by atoms with E-state index < -0.39 is 0 Å². The van der Waals surface area contributed by atoms with Gasteiger partial charge in [-0.1, -0.05) is 0 Å². The van der Waals surface area contributed by atoms with Crippen LogP contribution in [0.2, 0.25) is 0 Å². The van der Waals surface area contributed by atoms with Crippen LogP contribution in [-0.2, 0) is 11.2 Å². The molecule has 104 valence electrons. The van der Waals surface area contributed by atoms with Gasteiger partial charge in [0, 0.05) is 25.0 Å². The van der Waals surface area contributed by atoms with Gasteiger partial charge in [0.15, 0.2) is 0 Å². The van der Waals surface area contributed by atoms with Gasteiger partial charge in [-0.3, -0.25) is 4.79 Å². The second kappa shape index (κ2) is 5.25. The van der Waals surface area contributed by atoms with E-state index in [2.05, 4.69) is 28.3 Å². The normalized spacial score (nSPS) is 28.2. The Morgan fingerprint density at radius 3 is 3.00 bits per heavy atom. The molecule has 2 fully saturated rings. The lowest BCUT2D eigenvalue weighted by molar-refractivity contribution is -0.130. The molecule has 2 aliphatic rings. The van der Waals surface area contributed by atoms with E-state index in [4.69, 9.17) is 0 Å². The largest absolute Gasteiger partial charge is 0.342 e. The van der Waals surface area contributed by atoms with E-state index in [1.807, 2.05) is 5.38 Å². The number of amides is 1. The van der Waals surface area contributed by atoms with Gasteiger partial charge in [0.2, 0.25) is 5.91 Å². The van der Waals surface area contributed by atoms with Crippen molar-refractivity contribution in [2.75, 3.05) is 33.2 Å². The highest BCUT2D eigenvalue weighted by Gasteiger charge is 2.41. The molecule has 3 rings (SSSR count). The zero-order valence-corrected chi connectivity index (χ0v) is 12.4. The van der Waals surface area contributed by atoms with Gasteiger partial charge in [-0.2, -0.15) is 11.3 Å². The lowest BCUT2D eigenvalue weighted by atomic mass is 9.79. The van der Waals surface area contributed by atoms with E-state index in [0.29, 0.717) is 17.7 Å². The molecule has 0 unspecified atom stereocenters. The highest BCUT2D eigenvalue weighted by atomic mass is 32.1. The standard InChI is InChI=1S/C15H22N2OS/c1-16-6-2-4-15(11-16)5-7-17(12-15)14(18)9-13-3-8-19-10-13/h3,8,10H,2,4-7,9,11-12H2,1H3/t15-/m0/s1. The maximum Gasteiger partial charge on any atom is 0.227 e. The number of thiophene rings is 1. The van der Waals surface area contributed by atoms with Crippen molar-refractivity contribution in [1.82, 2.24) is 9.80 Å². The Kier molecular flexibility index (Phi) is 3.63. The van der Waals surface area contributed by atoms with Gasteiger partial charge in [-0.25, -0.2) is 0 Å². The van der Waals surface area contributed by atoms with Crippen LogP contribution in [0.3, 0.4) is 0 Å². The lowest BCUT2D eigenvalue weighted by Crippen LogP contribution is -2.43. The van der Waals surface area contributed by atoms with Crippen LogP contribution in [0, 0.1) is 5.41 Å². The number of piperidine rings is 1. The summed E-state index contributed by atoms with van der Waals surface area (Å²) in [6.45, 7) is 4.30. The second-order valence-electron chi connectivity index (χ2n) is 6.22. The van der Waals surface area contributed by atoms with Gasteiger partial charge in [0.1, 0.15) is 0 Å². The first-order chi connectivity index (χ1) is 9.17. The molecule has 3 nitrogen and oxygen atoms in total. The van der Waals surface area contributed by atoms with Crippen molar-refractivity contribution in [3.63, 3.8) is 0 Å². The van der Waals surface area contributed by atoms with Crippen molar-refractivity contribution in [2.45, 2.75) is 25.7 Å². The molecule has 2 saturated heterocycles. The van der Waals surface area contributed by atoms with E-state index in [1.165, 1.54) is 25.8 Å². The molecule has 19 heavy (non-hydrogen) atoms. The Morgan fingerprint density at radius 1 is 1.37 bits per heavy atom. The van der Waals surface area contributed by atoms with Gasteiger partial charge in [0.05, 0.1) is 6.42 Å². The first kappa shape index (κ1) is 13.1. The van der Waals surface area contributed by atoms with Crippen LogP contribution in [-0.4, -0.2) is 48.9 Å². The number of hydrogen-bond acceptors (Lipinski definition) is 3. The summed E-state index contributed by atoms with van der Waals surface area (Å²) in [5.74, 6) is 0.309. The fourth-order valence-electron chi connectivity index (χ4n) is 3.62. The molecular weight excluding hydrogens is 256 g/mol. The molecule has 0 radical (unpaired) electrons. The van der Waals surface area contributed by atoms with Crippen molar-refractivity contribution in [3.05, 3.63) is 22.4 Å². The SMILES string of the molecule is CN1CCC[C@]2(CCN(C(=O)Cc3ccsc3)C2)C1. The Bertz CT molecular complexity index is 445. The second-order valence-corrected chi connectivity index (χ2v) is 7.00. The van der Waals surface area contributed by atoms with Gasteiger partial charge >= 0.3 is 0 Å². The quantitative estimate of drug-likeness (QED) is 0.828. The van der Waals surface area contributed by atoms with Crippen molar-refractivity contribution in [3.8, 4) is 0 Å². The van der Waals surface area contributed by atoms with E-state index in [1.54, 1.807) is 11.3 Å². The first-order valence-corrected chi connectivity index (χ1v) is 8.09. The Hall–Kier alpha value is -0.870. The molecule has 1 amide bonds. The van der Waals surface area contributed by atoms with Crippen LogP contribution in [0.4, 0.5) is 0 Å². The fraction of sp³-hybridized carbons (Fsp3) is 0.667. The summed E-state index contributed by atoms with van der Waals surface area (Å²) in [6.07, 6.45) is 4.34. The summed E-state index contributed by atoms with van der Waals surface area (Å²) >= 11 is 1.67. The van der Waals surface area contributed by atoms with E-state index in [0.717, 1.165) is 25.2 Å². The number of carbonyl (C=O) groups excluding carboxylic acids is 1. The molecule has 2 aliphatic heterocycles. The van der Waals surface area contributed by atoms with Crippen molar-refractivity contribution >= 4 is 17.2 Å². The van der Waals surface area contributed by atoms with E-state index in [9.17, 15) is 4.79 Å². The fourth-order valence-corrected chi connectivity index (χ4v) is 4.28. The molecule has 1 spiro atoms. The molecular formula is C15H22N2OS. The number of nitrogens with zero attached hydrogens (tertiary/aromatic N) is 2. The van der Waals surface area contributed by atoms with Crippen LogP contribution in [0.5, 0.6) is 0 Å². The minimum atomic E-state index is 0.309. The maximum atomic E-state index is 12.3. The molecule has 0 N–H and O–H groups in total. The van der Waals surface area contributed by atoms with Gasteiger partial charge < -0.3 is 9.80 Å². The number of hydrogen-bond donors (Lipinski definition) is 0. The summed E-state index contributed by atoms with van der Waals surface area (Å²) in [5, 5.41) is 4.13. The molecule has 0 aromatic carbocycles. The highest BCUT2D eigenvalue weighted by molar-refractivity contribution is 7.07. The van der Waals surface area contributed by atoms with Crippen molar-refractivity contribution in [2.24, 2.45) is 5.41 Å². The third-order valence-corrected chi connectivity index (χ3v) is 5.31. The summed E-state index contributed by atoms with van der Waals surface area (Å²) in [7, 11) is 2.21. The first-order valence-electron chi connectivity index (χ1n) is 7.14. The van der Waals surface area contributed by atoms with Crippen LogP contribution in [0.15, 0.2) is 16.8 Å². The minimum Gasteiger partial charge on any atom is -0.342 e. The monoisotopic (exact) mass is 278 g/mol. The molecule has 0 aliphatic carbocycles. The lowest BCUT2D eigenvalue weighted by Gasteiger charge is -2.38. The zero-order valence-electron chi connectivity index (χ0n) is 11.6. The average Bonchev–Trinajstić information content (AvgIpc) is 2.99. The van der Waals surface area contributed by atoms with Crippen molar-refractivity contribution < 1.29 is 4.79 Å². The molecule has 1 aromatic rings. The summed E-state index contributed by atoms with van der Waals surface area (Å²) in [6, 6.07) is 2.06. The third-order valence-electron chi connectivity index (χ3n) is 4.58. The Morgan fingerprint density at radius 2 is 2.26 bits per heavy atom. The molecule has 1 atom stereocenters. The smallest absolute Gasteiger partial charge is 0.227 e. The summed E-state index contributed by atoms with van der Waals surface area (Å²) < 4.78 is 0. The summed E-state index contributed by atoms with van der Waals surface area (Å²) in [4.78, 5) is 16.9. The van der Waals surface area contributed by atoms with Gasteiger partial charge in [0.25, 0.3) is 0 Å². The molecule has 0 bridgehead atoms. The Balaban J connectivity index is 1.60. The molecule has 1 aromatic heterocycles. The van der Waals surface area contributed by atoms with Crippen LogP contribution >= 0.6 is 11.3 Å². The van der Waals surface area contributed by atoms with E-state index in [-0.39, 0.29) is 0 Å². The third kappa shape index (κ3) is 2.84. The predicted molar refractivity (Wildman–Crippen MR) is 78.4 cm³/mol. The molecule has 0 saturated carbocycles. The maximum absolute atomic E-state index is 12.3. The van der Waals surface area contributed by atoms with Gasteiger partial charge in [-0.05, 0) is 55.2 Å². The average molecular weight is 278 g/mol. The molecule has 4 heteroatoms. The number of rotatable bonds is 2. The summed E-state index contributed by atoms with van der Waals surface area (Å²) in [5.41, 5.74) is 1.55. The zero-order chi connectivity index (χ0) is 13.3. The van der Waals surface area contributed by atoms with E-state index >= 15 is 0 Å². The van der Waals surface area contributed by atoms with Crippen LogP contribution in [0.1, 0.15) is 24.8 Å². The minimum absolute atomic E-state index is 0.309.